The minimum absolute atomic E-state index is 0.0600. The highest BCUT2D eigenvalue weighted by Gasteiger charge is 2.40. The number of likely N-dealkylation sites (N-methyl/N-ethyl adjacent to an activating group) is 1. The van der Waals surface area contributed by atoms with Gasteiger partial charge in [0.2, 0.25) is 11.8 Å². The minimum Gasteiger partial charge on any atom is -0.370 e. The summed E-state index contributed by atoms with van der Waals surface area (Å²) in [5.74, 6) is -1.41. The van der Waals surface area contributed by atoms with Crippen molar-refractivity contribution < 1.29 is 23.2 Å². The van der Waals surface area contributed by atoms with Crippen LogP contribution in [0.2, 0.25) is 0 Å². The number of likely N-dealkylation sites (tertiary alicyclic amines) is 1. The zero-order valence-corrected chi connectivity index (χ0v) is 27.1. The van der Waals surface area contributed by atoms with E-state index in [1.165, 1.54) is 42.0 Å². The van der Waals surface area contributed by atoms with Crippen LogP contribution in [0.25, 0.3) is 17.0 Å². The van der Waals surface area contributed by atoms with Crippen molar-refractivity contribution in [2.24, 2.45) is 5.92 Å². The van der Waals surface area contributed by atoms with Crippen molar-refractivity contribution in [3.8, 4) is 0 Å². The van der Waals surface area contributed by atoms with Crippen molar-refractivity contribution in [2.75, 3.05) is 45.2 Å². The lowest BCUT2D eigenvalue weighted by Crippen LogP contribution is -2.49. The maximum Gasteiger partial charge on any atom is 0.270 e. The molecule has 0 radical (unpaired) electrons. The molecule has 0 bridgehead atoms. The third-order valence-electron chi connectivity index (χ3n) is 9.48. The molecule has 1 aliphatic carbocycles. The molecule has 3 aliphatic rings. The van der Waals surface area contributed by atoms with E-state index in [1.54, 1.807) is 6.07 Å². The SMILES string of the molecule is C[C@H](NC(=O)[C@@H]1C[C@@H](F)CN1C(=O)CNC(=O)c1ccc2cc(F)ccc2n1)c1cc(N2CC[C@H](N(C)C)C2)ccc1/C=C/C1CC1. The number of nitrogens with one attached hydrogen (secondary N) is 2. The summed E-state index contributed by atoms with van der Waals surface area (Å²) in [7, 11) is 4.20. The van der Waals surface area contributed by atoms with Crippen molar-refractivity contribution in [3.63, 3.8) is 0 Å². The zero-order chi connectivity index (χ0) is 33.2. The Labute approximate surface area is 274 Å². The first-order valence-corrected chi connectivity index (χ1v) is 16.4. The van der Waals surface area contributed by atoms with Crippen LogP contribution in [0, 0.1) is 11.7 Å². The molecular formula is C36H42F2N6O3. The molecule has 11 heteroatoms. The lowest BCUT2D eigenvalue weighted by molar-refractivity contribution is -0.138. The van der Waals surface area contributed by atoms with Crippen LogP contribution in [-0.4, -0.2) is 91.0 Å². The molecule has 0 spiro atoms. The summed E-state index contributed by atoms with van der Waals surface area (Å²) in [5, 5.41) is 6.13. The molecule has 4 atom stereocenters. The average molecular weight is 645 g/mol. The van der Waals surface area contributed by atoms with Crippen LogP contribution >= 0.6 is 0 Å². The van der Waals surface area contributed by atoms with Crippen molar-refractivity contribution in [2.45, 2.75) is 56.9 Å². The number of hydrogen-bond donors (Lipinski definition) is 2. The fraction of sp³-hybridized carbons (Fsp3) is 0.444. The average Bonchev–Trinajstić information content (AvgIpc) is 3.59. The van der Waals surface area contributed by atoms with Gasteiger partial charge in [-0.1, -0.05) is 24.3 Å². The number of benzene rings is 2. The van der Waals surface area contributed by atoms with Crippen LogP contribution in [0.5, 0.6) is 0 Å². The van der Waals surface area contributed by atoms with Crippen LogP contribution in [0.3, 0.4) is 0 Å². The summed E-state index contributed by atoms with van der Waals surface area (Å²) in [6.45, 7) is 3.14. The predicted octanol–water partition coefficient (Wildman–Crippen LogP) is 4.48. The first kappa shape index (κ1) is 32.6. The molecule has 1 aromatic heterocycles. The number of anilines is 1. The summed E-state index contributed by atoms with van der Waals surface area (Å²) >= 11 is 0. The maximum atomic E-state index is 14.7. The molecule has 3 amide bonds. The van der Waals surface area contributed by atoms with Crippen LogP contribution in [0.1, 0.15) is 60.3 Å². The van der Waals surface area contributed by atoms with Crippen LogP contribution in [0.15, 0.2) is 54.6 Å². The van der Waals surface area contributed by atoms with Crippen molar-refractivity contribution in [1.82, 2.24) is 25.4 Å². The van der Waals surface area contributed by atoms with Gasteiger partial charge in [0.05, 0.1) is 24.6 Å². The third kappa shape index (κ3) is 7.62. The molecule has 3 aromatic rings. The van der Waals surface area contributed by atoms with Gasteiger partial charge in [0, 0.05) is 36.6 Å². The van der Waals surface area contributed by atoms with Gasteiger partial charge >= 0.3 is 0 Å². The van der Waals surface area contributed by atoms with E-state index in [9.17, 15) is 23.2 Å². The maximum absolute atomic E-state index is 14.7. The number of allylic oxidation sites excluding steroid dienone is 1. The molecule has 2 N–H and O–H groups in total. The smallest absolute Gasteiger partial charge is 0.270 e. The number of carbonyl (C=O) groups is 3. The highest BCUT2D eigenvalue weighted by Crippen LogP contribution is 2.33. The fourth-order valence-electron chi connectivity index (χ4n) is 6.48. The standard InChI is InChI=1S/C36H42F2N6O3/c1-22(30-18-28(43-15-14-29(21-43)42(2)3)11-8-24(30)7-6-23-4-5-23)40-36(47)33-17-27(38)20-44(33)34(45)19-39-35(46)32-12-9-25-16-26(37)10-13-31(25)41-32/h6-13,16,18,22-23,27,29,33H,4-5,14-15,17,19-21H2,1-3H3,(H,39,46)(H,40,47)/b7-6+/t22-,27+,29-,33-/m0/s1. The molecule has 0 unspecified atom stereocenters. The Morgan fingerprint density at radius 2 is 1.87 bits per heavy atom. The van der Waals surface area contributed by atoms with Gasteiger partial charge in [0.25, 0.3) is 5.91 Å². The van der Waals surface area contributed by atoms with E-state index in [1.807, 2.05) is 6.92 Å². The quantitative estimate of drug-likeness (QED) is 0.338. The summed E-state index contributed by atoms with van der Waals surface area (Å²) in [4.78, 5) is 49.7. The van der Waals surface area contributed by atoms with Crippen LogP contribution < -0.4 is 15.5 Å². The Kier molecular flexibility index (Phi) is 9.54. The number of carbonyl (C=O) groups excluding carboxylic acids is 3. The summed E-state index contributed by atoms with van der Waals surface area (Å²) in [6, 6.07) is 12.5. The normalized spacial score (nSPS) is 22.0. The molecule has 2 aliphatic heterocycles. The second-order valence-corrected chi connectivity index (χ2v) is 13.2. The van der Waals surface area contributed by atoms with E-state index in [0.29, 0.717) is 22.9 Å². The van der Waals surface area contributed by atoms with Gasteiger partial charge in [-0.15, -0.1) is 0 Å². The van der Waals surface area contributed by atoms with E-state index in [0.717, 1.165) is 36.3 Å². The number of halogens is 2. The van der Waals surface area contributed by atoms with Crippen molar-refractivity contribution in [3.05, 3.63) is 77.2 Å². The monoisotopic (exact) mass is 644 g/mol. The topological polar surface area (TPSA) is 97.9 Å². The molecule has 1 saturated carbocycles. The number of rotatable bonds is 10. The second kappa shape index (κ2) is 13.8. The van der Waals surface area contributed by atoms with E-state index < -0.39 is 48.3 Å². The number of pyridine rings is 1. The zero-order valence-electron chi connectivity index (χ0n) is 27.1. The molecule has 2 saturated heterocycles. The van der Waals surface area contributed by atoms with E-state index >= 15 is 0 Å². The predicted molar refractivity (Wildman–Crippen MR) is 178 cm³/mol. The molecule has 2 aromatic carbocycles. The second-order valence-electron chi connectivity index (χ2n) is 13.2. The number of amides is 3. The van der Waals surface area contributed by atoms with E-state index in [4.69, 9.17) is 0 Å². The minimum atomic E-state index is -1.36. The molecular weight excluding hydrogens is 602 g/mol. The summed E-state index contributed by atoms with van der Waals surface area (Å²) in [5.41, 5.74) is 3.58. The van der Waals surface area contributed by atoms with Crippen LogP contribution in [-0.2, 0) is 9.59 Å². The number of aromatic nitrogens is 1. The van der Waals surface area contributed by atoms with Gasteiger partial charge in [0.1, 0.15) is 23.7 Å². The van der Waals surface area contributed by atoms with Crippen molar-refractivity contribution >= 4 is 40.4 Å². The van der Waals surface area contributed by atoms with E-state index in [2.05, 4.69) is 69.9 Å². The van der Waals surface area contributed by atoms with E-state index in [-0.39, 0.29) is 18.7 Å². The largest absolute Gasteiger partial charge is 0.370 e. The van der Waals surface area contributed by atoms with Crippen molar-refractivity contribution in [1.29, 1.82) is 0 Å². The number of hydrogen-bond acceptors (Lipinski definition) is 6. The van der Waals surface area contributed by atoms with Gasteiger partial charge in [0.15, 0.2) is 0 Å². The Morgan fingerprint density at radius 3 is 2.62 bits per heavy atom. The lowest BCUT2D eigenvalue weighted by atomic mass is 9.98. The Morgan fingerprint density at radius 1 is 1.06 bits per heavy atom. The highest BCUT2D eigenvalue weighted by molar-refractivity contribution is 5.97. The highest BCUT2D eigenvalue weighted by atomic mass is 19.1. The molecule has 6 rings (SSSR count). The summed E-state index contributed by atoms with van der Waals surface area (Å²) < 4.78 is 28.2. The molecule has 3 fully saturated rings. The number of alkyl halides is 1. The van der Waals surface area contributed by atoms with Crippen LogP contribution in [0.4, 0.5) is 14.5 Å². The third-order valence-corrected chi connectivity index (χ3v) is 9.48. The number of nitrogens with zero attached hydrogens (tertiary/aromatic N) is 4. The molecule has 9 nitrogen and oxygen atoms in total. The van der Waals surface area contributed by atoms with Gasteiger partial charge in [-0.05, 0) is 93.7 Å². The first-order chi connectivity index (χ1) is 22.5. The summed E-state index contributed by atoms with van der Waals surface area (Å²) in [6.07, 6.45) is 6.32. The molecule has 3 heterocycles. The Hall–Kier alpha value is -4.38. The Bertz CT molecular complexity index is 1690. The number of fused-ring (bicyclic) bond motifs is 1. The molecule has 47 heavy (non-hydrogen) atoms. The Balaban J connectivity index is 1.12. The fourth-order valence-corrected chi connectivity index (χ4v) is 6.48. The lowest BCUT2D eigenvalue weighted by Gasteiger charge is -2.27. The van der Waals surface area contributed by atoms with Gasteiger partial charge in [-0.25, -0.2) is 13.8 Å². The first-order valence-electron chi connectivity index (χ1n) is 16.4. The van der Waals surface area contributed by atoms with Gasteiger partial charge < -0.3 is 25.3 Å². The van der Waals surface area contributed by atoms with Gasteiger partial charge in [-0.2, -0.15) is 0 Å². The molecule has 248 valence electrons. The van der Waals surface area contributed by atoms with Gasteiger partial charge in [-0.3, -0.25) is 14.4 Å².